The molecule has 1 aliphatic carbocycles. The number of nitrogens with zero attached hydrogens (tertiary/aromatic N) is 1. The third kappa shape index (κ3) is 1.49. The van der Waals surface area contributed by atoms with Crippen molar-refractivity contribution in [3.8, 4) is 0 Å². The molecule has 1 saturated carbocycles. The summed E-state index contributed by atoms with van der Waals surface area (Å²) in [4.78, 5) is 2.43. The molecule has 2 heterocycles. The van der Waals surface area contributed by atoms with Gasteiger partial charge in [0.25, 0.3) is 0 Å². The molecule has 0 amide bonds. The maximum atomic E-state index is 5.94. The number of rotatable bonds is 4. The molecule has 0 spiro atoms. The van der Waals surface area contributed by atoms with Gasteiger partial charge in [-0.2, -0.15) is 0 Å². The average Bonchev–Trinajstić information content (AvgIpc) is 2.92. The van der Waals surface area contributed by atoms with Crippen LogP contribution in [0.15, 0.2) is 0 Å². The van der Waals surface area contributed by atoms with Crippen LogP contribution in [0.25, 0.3) is 0 Å². The van der Waals surface area contributed by atoms with E-state index >= 15 is 0 Å². The van der Waals surface area contributed by atoms with Crippen molar-refractivity contribution in [1.82, 2.24) is 4.90 Å². The van der Waals surface area contributed by atoms with Crippen LogP contribution in [-0.2, 0) is 4.74 Å². The maximum absolute atomic E-state index is 5.94. The highest BCUT2D eigenvalue weighted by Gasteiger charge is 2.52. The van der Waals surface area contributed by atoms with E-state index in [0.717, 1.165) is 17.8 Å². The van der Waals surface area contributed by atoms with E-state index in [1.54, 1.807) is 0 Å². The minimum absolute atomic E-state index is 0.512. The van der Waals surface area contributed by atoms with E-state index in [0.29, 0.717) is 12.3 Å². The summed E-state index contributed by atoms with van der Waals surface area (Å²) in [6.45, 7) is 7.25. The predicted octanol–water partition coefficient (Wildman–Crippen LogP) is 2.10. The van der Waals surface area contributed by atoms with Crippen molar-refractivity contribution in [3.05, 3.63) is 0 Å². The molecule has 14 heavy (non-hydrogen) atoms. The van der Waals surface area contributed by atoms with Crippen molar-refractivity contribution in [1.29, 1.82) is 0 Å². The Labute approximate surface area is 86.6 Å². The van der Waals surface area contributed by atoms with E-state index in [1.807, 2.05) is 0 Å². The standard InChI is InChI=1S/C12H21NO/c1-3-8(2)9-6-10(9)11-7-12(14-11)13-4-5-13/h8-12H,3-7H2,1-2H3. The summed E-state index contributed by atoms with van der Waals surface area (Å²) in [5.41, 5.74) is 0. The SMILES string of the molecule is CCC(C)C1CC1C1CC(N2CC2)O1. The van der Waals surface area contributed by atoms with Gasteiger partial charge in [-0.1, -0.05) is 20.3 Å². The molecular formula is C12H21NO. The largest absolute Gasteiger partial charge is 0.359 e. The van der Waals surface area contributed by atoms with Gasteiger partial charge in [0.1, 0.15) is 6.23 Å². The van der Waals surface area contributed by atoms with Crippen LogP contribution >= 0.6 is 0 Å². The normalized spacial score (nSPS) is 48.4. The molecule has 2 nitrogen and oxygen atoms in total. The summed E-state index contributed by atoms with van der Waals surface area (Å²) in [6.07, 6.45) is 5.23. The lowest BCUT2D eigenvalue weighted by molar-refractivity contribution is -0.178. The van der Waals surface area contributed by atoms with Gasteiger partial charge in [-0.3, -0.25) is 4.90 Å². The van der Waals surface area contributed by atoms with Crippen molar-refractivity contribution in [2.45, 2.75) is 45.4 Å². The van der Waals surface area contributed by atoms with Crippen molar-refractivity contribution in [2.75, 3.05) is 13.1 Å². The highest BCUT2D eigenvalue weighted by Crippen LogP contribution is 2.52. The molecule has 0 bridgehead atoms. The molecule has 3 aliphatic rings. The van der Waals surface area contributed by atoms with E-state index in [1.165, 1.54) is 32.4 Å². The Morgan fingerprint density at radius 2 is 2.07 bits per heavy atom. The van der Waals surface area contributed by atoms with Gasteiger partial charge < -0.3 is 4.74 Å². The lowest BCUT2D eigenvalue weighted by atomic mass is 9.97. The van der Waals surface area contributed by atoms with Gasteiger partial charge in [0.15, 0.2) is 0 Å². The third-order valence-electron chi connectivity index (χ3n) is 4.40. The Balaban J connectivity index is 1.43. The van der Waals surface area contributed by atoms with Crippen LogP contribution in [0.3, 0.4) is 0 Å². The molecule has 2 saturated heterocycles. The highest BCUT2D eigenvalue weighted by molar-refractivity contribution is 4.99. The quantitative estimate of drug-likeness (QED) is 0.637. The van der Waals surface area contributed by atoms with E-state index in [-0.39, 0.29) is 0 Å². The molecule has 80 valence electrons. The summed E-state index contributed by atoms with van der Waals surface area (Å²) in [5.74, 6) is 2.82. The molecule has 3 fully saturated rings. The molecule has 0 aromatic heterocycles. The molecule has 3 rings (SSSR count). The van der Waals surface area contributed by atoms with E-state index < -0.39 is 0 Å². The fourth-order valence-corrected chi connectivity index (χ4v) is 2.87. The first-order chi connectivity index (χ1) is 6.79. The molecule has 0 N–H and O–H groups in total. The second kappa shape index (κ2) is 3.21. The first-order valence-electron chi connectivity index (χ1n) is 6.19. The zero-order chi connectivity index (χ0) is 9.71. The fourth-order valence-electron chi connectivity index (χ4n) is 2.87. The van der Waals surface area contributed by atoms with Crippen LogP contribution in [0.2, 0.25) is 0 Å². The first-order valence-corrected chi connectivity index (χ1v) is 6.19. The van der Waals surface area contributed by atoms with Crippen molar-refractivity contribution >= 4 is 0 Å². The highest BCUT2D eigenvalue weighted by atomic mass is 16.5. The Bertz CT molecular complexity index is 220. The molecule has 5 atom stereocenters. The minimum Gasteiger partial charge on any atom is -0.359 e. The minimum atomic E-state index is 0.512. The molecule has 0 radical (unpaired) electrons. The summed E-state index contributed by atoms with van der Waals surface area (Å²) in [6, 6.07) is 0. The average molecular weight is 195 g/mol. The van der Waals surface area contributed by atoms with Crippen LogP contribution in [-0.4, -0.2) is 30.3 Å². The van der Waals surface area contributed by atoms with Gasteiger partial charge in [0, 0.05) is 19.5 Å². The summed E-state index contributed by atoms with van der Waals surface area (Å²) in [7, 11) is 0. The van der Waals surface area contributed by atoms with Crippen molar-refractivity contribution < 1.29 is 4.74 Å². The molecule has 2 aliphatic heterocycles. The Morgan fingerprint density at radius 3 is 2.64 bits per heavy atom. The van der Waals surface area contributed by atoms with Gasteiger partial charge in [-0.15, -0.1) is 0 Å². The van der Waals surface area contributed by atoms with Crippen LogP contribution in [0, 0.1) is 17.8 Å². The van der Waals surface area contributed by atoms with Crippen LogP contribution < -0.4 is 0 Å². The van der Waals surface area contributed by atoms with Crippen LogP contribution in [0.5, 0.6) is 0 Å². The van der Waals surface area contributed by atoms with Gasteiger partial charge in [-0.05, 0) is 24.2 Å². The first kappa shape index (κ1) is 9.17. The van der Waals surface area contributed by atoms with E-state index in [4.69, 9.17) is 4.74 Å². The molecule has 2 heteroatoms. The van der Waals surface area contributed by atoms with Crippen molar-refractivity contribution in [3.63, 3.8) is 0 Å². The summed E-state index contributed by atoms with van der Waals surface area (Å²) < 4.78 is 5.94. The van der Waals surface area contributed by atoms with E-state index in [9.17, 15) is 0 Å². The maximum Gasteiger partial charge on any atom is 0.113 e. The lowest BCUT2D eigenvalue weighted by Gasteiger charge is -2.37. The second-order valence-corrected chi connectivity index (χ2v) is 5.35. The molecule has 5 unspecified atom stereocenters. The van der Waals surface area contributed by atoms with Crippen LogP contribution in [0.1, 0.15) is 33.1 Å². The summed E-state index contributed by atoms with van der Waals surface area (Å²) in [5, 5.41) is 0. The number of ether oxygens (including phenoxy) is 1. The van der Waals surface area contributed by atoms with Gasteiger partial charge >= 0.3 is 0 Å². The fraction of sp³-hybridized carbons (Fsp3) is 1.00. The number of hydrogen-bond donors (Lipinski definition) is 0. The zero-order valence-corrected chi connectivity index (χ0v) is 9.28. The van der Waals surface area contributed by atoms with Crippen molar-refractivity contribution in [2.24, 2.45) is 17.8 Å². The monoisotopic (exact) mass is 195 g/mol. The molecule has 0 aromatic rings. The topological polar surface area (TPSA) is 12.2 Å². The number of hydrogen-bond acceptors (Lipinski definition) is 2. The predicted molar refractivity (Wildman–Crippen MR) is 55.9 cm³/mol. The Hall–Kier alpha value is -0.0800. The van der Waals surface area contributed by atoms with Crippen LogP contribution in [0.4, 0.5) is 0 Å². The van der Waals surface area contributed by atoms with Gasteiger partial charge in [-0.25, -0.2) is 0 Å². The molecule has 0 aromatic carbocycles. The second-order valence-electron chi connectivity index (χ2n) is 5.35. The Kier molecular flexibility index (Phi) is 2.10. The lowest BCUT2D eigenvalue weighted by Crippen LogP contribution is -2.44. The van der Waals surface area contributed by atoms with Gasteiger partial charge in [0.2, 0.25) is 0 Å². The van der Waals surface area contributed by atoms with E-state index in [2.05, 4.69) is 18.7 Å². The third-order valence-corrected chi connectivity index (χ3v) is 4.40. The Morgan fingerprint density at radius 1 is 1.36 bits per heavy atom. The molecular weight excluding hydrogens is 174 g/mol. The summed E-state index contributed by atoms with van der Waals surface area (Å²) >= 11 is 0. The zero-order valence-electron chi connectivity index (χ0n) is 9.28. The van der Waals surface area contributed by atoms with Gasteiger partial charge in [0.05, 0.1) is 6.10 Å². The smallest absolute Gasteiger partial charge is 0.113 e.